The van der Waals surface area contributed by atoms with Crippen molar-refractivity contribution in [3.8, 4) is 0 Å². The molecule has 4 fully saturated rings. The lowest BCUT2D eigenvalue weighted by Crippen LogP contribution is -2.35. The highest BCUT2D eigenvalue weighted by atomic mass is 32.2. The van der Waals surface area contributed by atoms with Crippen molar-refractivity contribution in [1.29, 1.82) is 0 Å². The van der Waals surface area contributed by atoms with Gasteiger partial charge in [-0.25, -0.2) is 36.1 Å². The van der Waals surface area contributed by atoms with E-state index in [1.54, 1.807) is 6.08 Å². The molecule has 194 valence electrons. The Morgan fingerprint density at radius 2 is 1.32 bits per heavy atom. The average Bonchev–Trinajstić information content (AvgIpc) is 3.68. The van der Waals surface area contributed by atoms with Crippen LogP contribution in [0.1, 0.15) is 78.1 Å². The quantitative estimate of drug-likeness (QED) is 0.294. The maximum absolute atomic E-state index is 11.8. The van der Waals surface area contributed by atoms with E-state index in [1.807, 2.05) is 13.8 Å². The molecular formula is C22H37N3O7S2. The number of carbonyl (C=O) groups excluding carboxylic acids is 1. The van der Waals surface area contributed by atoms with E-state index in [9.17, 15) is 26.4 Å². The zero-order valence-electron chi connectivity index (χ0n) is 19.9. The van der Waals surface area contributed by atoms with Gasteiger partial charge in [-0.05, 0) is 63.2 Å². The van der Waals surface area contributed by atoms with Crippen molar-refractivity contribution in [2.75, 3.05) is 0 Å². The van der Waals surface area contributed by atoms with Gasteiger partial charge in [0.15, 0.2) is 0 Å². The maximum Gasteiger partial charge on any atom is 0.306 e. The minimum Gasteiger partial charge on any atom is -0.481 e. The zero-order valence-corrected chi connectivity index (χ0v) is 21.5. The van der Waals surface area contributed by atoms with Crippen LogP contribution >= 0.6 is 0 Å². The van der Waals surface area contributed by atoms with Gasteiger partial charge < -0.3 is 5.11 Å². The number of sulfonamides is 2. The Kier molecular flexibility index (Phi) is 8.95. The van der Waals surface area contributed by atoms with Gasteiger partial charge in [-0.2, -0.15) is 0 Å². The summed E-state index contributed by atoms with van der Waals surface area (Å²) in [5.41, 5.74) is 0. The molecule has 4 aliphatic rings. The normalized spacial score (nSPS) is 33.6. The van der Waals surface area contributed by atoms with Gasteiger partial charge in [0, 0.05) is 12.1 Å². The Balaban J connectivity index is 0.000000191. The van der Waals surface area contributed by atoms with E-state index in [1.165, 1.54) is 0 Å². The Morgan fingerprint density at radius 1 is 0.853 bits per heavy atom. The summed E-state index contributed by atoms with van der Waals surface area (Å²) >= 11 is 0. The van der Waals surface area contributed by atoms with Crippen LogP contribution in [-0.2, 0) is 29.6 Å². The highest BCUT2D eigenvalue weighted by Crippen LogP contribution is 2.37. The van der Waals surface area contributed by atoms with E-state index in [-0.39, 0.29) is 34.5 Å². The van der Waals surface area contributed by atoms with E-state index in [4.69, 9.17) is 5.11 Å². The smallest absolute Gasteiger partial charge is 0.306 e. The molecule has 6 atom stereocenters. The fourth-order valence-corrected chi connectivity index (χ4v) is 8.46. The summed E-state index contributed by atoms with van der Waals surface area (Å²) in [6.07, 6.45) is 8.80. The molecule has 0 amide bonds. The first-order valence-corrected chi connectivity index (χ1v) is 15.4. The molecular weight excluding hydrogens is 482 g/mol. The van der Waals surface area contributed by atoms with Crippen LogP contribution in [0, 0.1) is 17.8 Å². The van der Waals surface area contributed by atoms with Crippen LogP contribution in [0.4, 0.5) is 0 Å². The van der Waals surface area contributed by atoms with Gasteiger partial charge in [-0.15, -0.1) is 0 Å². The third kappa shape index (κ3) is 7.10. The average molecular weight is 520 g/mol. The first kappa shape index (κ1) is 27.3. The minimum atomic E-state index is -3.19. The van der Waals surface area contributed by atoms with Gasteiger partial charge in [0.25, 0.3) is 0 Å². The third-order valence-corrected chi connectivity index (χ3v) is 11.5. The largest absolute Gasteiger partial charge is 0.481 e. The fourth-order valence-electron chi connectivity index (χ4n) is 5.25. The maximum atomic E-state index is 11.8. The Bertz CT molecular complexity index is 920. The van der Waals surface area contributed by atoms with Gasteiger partial charge >= 0.3 is 5.97 Å². The van der Waals surface area contributed by atoms with Crippen LogP contribution in [0.15, 0.2) is 4.99 Å². The van der Waals surface area contributed by atoms with Gasteiger partial charge in [-0.1, -0.05) is 26.7 Å². The Labute approximate surface area is 202 Å². The molecule has 0 radical (unpaired) electrons. The Hall–Kier alpha value is -1.33. The first-order chi connectivity index (χ1) is 16.0. The second-order valence-corrected chi connectivity index (χ2v) is 14.1. The van der Waals surface area contributed by atoms with Gasteiger partial charge in [0.1, 0.15) is 0 Å². The number of aliphatic imine (C=N–C) groups is 1. The highest BCUT2D eigenvalue weighted by Gasteiger charge is 2.43. The fraction of sp³-hybridized carbons (Fsp3) is 0.909. The van der Waals surface area contributed by atoms with E-state index in [0.717, 1.165) is 44.9 Å². The first-order valence-electron chi connectivity index (χ1n) is 12.3. The molecule has 4 rings (SSSR count). The van der Waals surface area contributed by atoms with E-state index in [2.05, 4.69) is 14.4 Å². The molecule has 10 nitrogen and oxygen atoms in total. The SMILES string of the molecule is CC[C@@H]1CC(NS(=O)(=O)C2CC2)C[C@@H]1C(=O)O.CC[C@@H]1CC(NS(=O)(=O)C2CC2)C[C@@H]1N=C=O. The number of carbonyl (C=O) groups is 1. The van der Waals surface area contributed by atoms with E-state index >= 15 is 0 Å². The van der Waals surface area contributed by atoms with Gasteiger partial charge in [0.05, 0.1) is 22.5 Å². The molecule has 12 heteroatoms. The summed E-state index contributed by atoms with van der Waals surface area (Å²) in [4.78, 5) is 25.1. The number of carboxylic acids is 1. The van der Waals surface area contributed by atoms with Gasteiger partial charge in [-0.3, -0.25) is 4.79 Å². The number of nitrogens with one attached hydrogen (secondary N) is 2. The summed E-state index contributed by atoms with van der Waals surface area (Å²) in [7, 11) is -6.32. The van der Waals surface area contributed by atoms with Crippen LogP contribution in [0.25, 0.3) is 0 Å². The molecule has 0 spiro atoms. The lowest BCUT2D eigenvalue weighted by Gasteiger charge is -2.12. The molecule has 0 bridgehead atoms. The molecule has 0 aromatic rings. The predicted octanol–water partition coefficient (Wildman–Crippen LogP) is 1.92. The van der Waals surface area contributed by atoms with Crippen molar-refractivity contribution in [1.82, 2.24) is 9.44 Å². The molecule has 2 unspecified atom stereocenters. The standard InChI is InChI=1S/C11H18N2O3S.C11H19NO4S/c1-2-8-5-9(6-11(8)12-7-14)13-17(15,16)10-3-4-10;1-2-7-5-8(6-10(7)11(13)14)12-17(15,16)9-3-4-9/h8-11,13H,2-6H2,1H3;7-10,12H,2-6H2,1H3,(H,13,14)/t8-,9?,11+;7-,8?,10+/m11/s1. The number of hydrogen-bond donors (Lipinski definition) is 3. The second-order valence-electron chi connectivity index (χ2n) is 10.1. The molecule has 0 heterocycles. The van der Waals surface area contributed by atoms with Crippen molar-refractivity contribution in [3.05, 3.63) is 0 Å². The Morgan fingerprint density at radius 3 is 1.71 bits per heavy atom. The van der Waals surface area contributed by atoms with Crippen molar-refractivity contribution in [2.24, 2.45) is 22.7 Å². The van der Waals surface area contributed by atoms with E-state index < -0.39 is 31.9 Å². The summed E-state index contributed by atoms with van der Waals surface area (Å²) in [6.45, 7) is 3.99. The number of nitrogens with zero attached hydrogens (tertiary/aromatic N) is 1. The zero-order chi connectivity index (χ0) is 25.1. The molecule has 4 saturated carbocycles. The van der Waals surface area contributed by atoms with Crippen molar-refractivity contribution < 1.29 is 31.5 Å². The molecule has 0 saturated heterocycles. The van der Waals surface area contributed by atoms with Crippen LogP contribution in [0.3, 0.4) is 0 Å². The highest BCUT2D eigenvalue weighted by molar-refractivity contribution is 7.90. The van der Waals surface area contributed by atoms with Crippen molar-refractivity contribution in [2.45, 2.75) is 107 Å². The van der Waals surface area contributed by atoms with Crippen LogP contribution < -0.4 is 9.44 Å². The molecule has 4 aliphatic carbocycles. The van der Waals surface area contributed by atoms with Gasteiger partial charge in [0.2, 0.25) is 26.1 Å². The summed E-state index contributed by atoms with van der Waals surface area (Å²) in [5, 5.41) is 8.66. The van der Waals surface area contributed by atoms with Crippen molar-refractivity contribution >= 4 is 32.1 Å². The molecule has 0 aromatic carbocycles. The van der Waals surface area contributed by atoms with Crippen LogP contribution in [0.2, 0.25) is 0 Å². The van der Waals surface area contributed by atoms with E-state index in [0.29, 0.717) is 25.2 Å². The number of isocyanates is 1. The van der Waals surface area contributed by atoms with Crippen molar-refractivity contribution in [3.63, 3.8) is 0 Å². The summed E-state index contributed by atoms with van der Waals surface area (Å²) < 4.78 is 52.5. The lowest BCUT2D eigenvalue weighted by atomic mass is 9.94. The molecule has 0 aromatic heterocycles. The third-order valence-electron chi connectivity index (χ3n) is 7.52. The number of hydrogen-bond acceptors (Lipinski definition) is 7. The number of rotatable bonds is 10. The predicted molar refractivity (Wildman–Crippen MR) is 127 cm³/mol. The number of aliphatic carboxylic acids is 1. The topological polar surface area (TPSA) is 159 Å². The van der Waals surface area contributed by atoms with Crippen LogP contribution in [0.5, 0.6) is 0 Å². The lowest BCUT2D eigenvalue weighted by molar-refractivity contribution is -0.143. The monoisotopic (exact) mass is 519 g/mol. The second kappa shape index (κ2) is 11.2. The number of carboxylic acid groups (broad SMARTS) is 1. The summed E-state index contributed by atoms with van der Waals surface area (Å²) in [5.74, 6) is -0.806. The molecule has 0 aliphatic heterocycles. The molecule has 34 heavy (non-hydrogen) atoms. The molecule has 3 N–H and O–H groups in total. The minimum absolute atomic E-state index is 0.0624. The summed E-state index contributed by atoms with van der Waals surface area (Å²) in [6, 6.07) is -0.316. The van der Waals surface area contributed by atoms with Crippen LogP contribution in [-0.4, -0.2) is 62.6 Å².